The molecule has 0 saturated carbocycles. The first-order valence-corrected chi connectivity index (χ1v) is 4.54. The minimum Gasteiger partial charge on any atom is -0.398 e. The summed E-state index contributed by atoms with van der Waals surface area (Å²) in [4.78, 5) is 11.0. The zero-order valence-corrected chi connectivity index (χ0v) is 8.91. The van der Waals surface area contributed by atoms with Gasteiger partial charge in [-0.15, -0.1) is 0 Å². The number of benzene rings is 1. The quantitative estimate of drug-likeness (QED) is 0.482. The standard InChI is InChI=1S/C10H7F6NO/c1-4(18)5-2-3-6(17)8(10(14,15)16)7(5)9(11,12)13/h2-3H,17H2,1H3. The Morgan fingerprint density at radius 3 is 1.78 bits per heavy atom. The Morgan fingerprint density at radius 2 is 1.44 bits per heavy atom. The summed E-state index contributed by atoms with van der Waals surface area (Å²) in [6.45, 7) is 0.751. The van der Waals surface area contributed by atoms with Crippen molar-refractivity contribution in [2.45, 2.75) is 19.3 Å². The van der Waals surface area contributed by atoms with Gasteiger partial charge in [-0.2, -0.15) is 26.3 Å². The molecule has 0 aliphatic carbocycles. The molecule has 0 atom stereocenters. The van der Waals surface area contributed by atoms with Crippen LogP contribution in [0, 0.1) is 0 Å². The monoisotopic (exact) mass is 271 g/mol. The van der Waals surface area contributed by atoms with Crippen LogP contribution in [0.1, 0.15) is 28.4 Å². The normalized spacial score (nSPS) is 12.6. The Labute approximate surface area is 97.4 Å². The molecule has 2 N–H and O–H groups in total. The molecule has 0 bridgehead atoms. The minimum atomic E-state index is -5.32. The smallest absolute Gasteiger partial charge is 0.398 e. The van der Waals surface area contributed by atoms with E-state index in [0.29, 0.717) is 12.1 Å². The highest BCUT2D eigenvalue weighted by molar-refractivity contribution is 5.96. The van der Waals surface area contributed by atoms with Crippen LogP contribution in [-0.4, -0.2) is 5.78 Å². The molecule has 8 heteroatoms. The number of anilines is 1. The van der Waals surface area contributed by atoms with Crippen LogP contribution in [0.4, 0.5) is 32.0 Å². The molecule has 1 aromatic rings. The van der Waals surface area contributed by atoms with E-state index in [-0.39, 0.29) is 0 Å². The van der Waals surface area contributed by atoms with Crippen molar-refractivity contribution in [3.05, 3.63) is 28.8 Å². The summed E-state index contributed by atoms with van der Waals surface area (Å²) in [6, 6.07) is 1.27. The Bertz CT molecular complexity index is 488. The molecule has 0 aromatic heterocycles. The van der Waals surface area contributed by atoms with Gasteiger partial charge in [0.2, 0.25) is 0 Å². The first kappa shape index (κ1) is 14.3. The van der Waals surface area contributed by atoms with Crippen molar-refractivity contribution < 1.29 is 31.1 Å². The molecule has 100 valence electrons. The minimum absolute atomic E-state index is 0.634. The van der Waals surface area contributed by atoms with Crippen molar-refractivity contribution in [2.75, 3.05) is 5.73 Å². The molecule has 0 heterocycles. The van der Waals surface area contributed by atoms with Crippen LogP contribution in [-0.2, 0) is 12.4 Å². The number of carbonyl (C=O) groups is 1. The maximum atomic E-state index is 12.7. The van der Waals surface area contributed by atoms with E-state index in [0.717, 1.165) is 6.92 Å². The number of nitrogen functional groups attached to an aromatic ring is 1. The summed E-state index contributed by atoms with van der Waals surface area (Å²) in [6.07, 6.45) is -10.6. The van der Waals surface area contributed by atoms with Gasteiger partial charge in [-0.3, -0.25) is 4.79 Å². The lowest BCUT2D eigenvalue weighted by Gasteiger charge is -2.19. The van der Waals surface area contributed by atoms with E-state index >= 15 is 0 Å². The van der Waals surface area contributed by atoms with Gasteiger partial charge in [-0.05, 0) is 19.1 Å². The number of Topliss-reactive ketones (excluding diaryl/α,β-unsaturated/α-hetero) is 1. The summed E-state index contributed by atoms with van der Waals surface area (Å²) >= 11 is 0. The highest BCUT2D eigenvalue weighted by atomic mass is 19.4. The van der Waals surface area contributed by atoms with Crippen LogP contribution in [0.3, 0.4) is 0 Å². The van der Waals surface area contributed by atoms with Crippen molar-refractivity contribution in [3.63, 3.8) is 0 Å². The number of nitrogens with two attached hydrogens (primary N) is 1. The van der Waals surface area contributed by atoms with Crippen LogP contribution >= 0.6 is 0 Å². The molecule has 0 aliphatic heterocycles. The first-order chi connectivity index (χ1) is 7.96. The number of hydrogen-bond acceptors (Lipinski definition) is 2. The molecule has 2 nitrogen and oxygen atoms in total. The lowest BCUT2D eigenvalue weighted by Crippen LogP contribution is -2.22. The fourth-order valence-corrected chi connectivity index (χ4v) is 1.51. The SMILES string of the molecule is CC(=O)c1ccc(N)c(C(F)(F)F)c1C(F)(F)F. The third-order valence-corrected chi connectivity index (χ3v) is 2.18. The average Bonchev–Trinajstić information content (AvgIpc) is 2.13. The van der Waals surface area contributed by atoms with Crippen LogP contribution in [0.25, 0.3) is 0 Å². The van der Waals surface area contributed by atoms with Gasteiger partial charge in [0.25, 0.3) is 0 Å². The van der Waals surface area contributed by atoms with Gasteiger partial charge < -0.3 is 5.73 Å². The molecule has 0 radical (unpaired) electrons. The number of rotatable bonds is 1. The average molecular weight is 271 g/mol. The van der Waals surface area contributed by atoms with Crippen LogP contribution in [0.15, 0.2) is 12.1 Å². The van der Waals surface area contributed by atoms with Crippen LogP contribution < -0.4 is 5.73 Å². The van der Waals surface area contributed by atoms with E-state index in [1.165, 1.54) is 0 Å². The summed E-state index contributed by atoms with van der Waals surface area (Å²) in [5.74, 6) is -1.12. The Balaban J connectivity index is 3.79. The number of carbonyl (C=O) groups excluding carboxylic acids is 1. The number of hydrogen-bond donors (Lipinski definition) is 1. The maximum Gasteiger partial charge on any atom is 0.419 e. The molecule has 0 aliphatic rings. The largest absolute Gasteiger partial charge is 0.419 e. The van der Waals surface area contributed by atoms with Crippen molar-refractivity contribution in [3.8, 4) is 0 Å². The van der Waals surface area contributed by atoms with Crippen LogP contribution in [0.5, 0.6) is 0 Å². The molecule has 0 amide bonds. The van der Waals surface area contributed by atoms with Gasteiger partial charge in [0.05, 0.1) is 11.1 Å². The van der Waals surface area contributed by atoms with Crippen molar-refractivity contribution in [1.82, 2.24) is 0 Å². The third-order valence-electron chi connectivity index (χ3n) is 2.18. The van der Waals surface area contributed by atoms with Crippen molar-refractivity contribution >= 4 is 11.5 Å². The molecule has 0 saturated heterocycles. The van der Waals surface area contributed by atoms with Gasteiger partial charge in [-0.25, -0.2) is 0 Å². The lowest BCUT2D eigenvalue weighted by atomic mass is 9.96. The molecular formula is C10H7F6NO. The maximum absolute atomic E-state index is 12.7. The second-order valence-electron chi connectivity index (χ2n) is 3.50. The molecule has 18 heavy (non-hydrogen) atoms. The number of halogens is 6. The zero-order valence-electron chi connectivity index (χ0n) is 8.91. The Morgan fingerprint density at radius 1 is 1.00 bits per heavy atom. The second kappa shape index (κ2) is 4.18. The van der Waals surface area contributed by atoms with Gasteiger partial charge in [0.1, 0.15) is 0 Å². The molecular weight excluding hydrogens is 264 g/mol. The topological polar surface area (TPSA) is 43.1 Å². The van der Waals surface area contributed by atoms with E-state index in [1.54, 1.807) is 0 Å². The first-order valence-electron chi connectivity index (χ1n) is 4.54. The number of alkyl halides is 6. The van der Waals surface area contributed by atoms with Crippen LogP contribution in [0.2, 0.25) is 0 Å². The van der Waals surface area contributed by atoms with E-state index in [4.69, 9.17) is 5.73 Å². The fourth-order valence-electron chi connectivity index (χ4n) is 1.51. The third kappa shape index (κ3) is 2.57. The molecule has 0 unspecified atom stereocenters. The molecule has 1 aromatic carbocycles. The predicted molar refractivity (Wildman–Crippen MR) is 50.9 cm³/mol. The highest BCUT2D eigenvalue weighted by Gasteiger charge is 2.46. The molecule has 1 rings (SSSR count). The van der Waals surface area contributed by atoms with E-state index in [9.17, 15) is 31.1 Å². The fraction of sp³-hybridized carbons (Fsp3) is 0.300. The van der Waals surface area contributed by atoms with Gasteiger partial charge in [0, 0.05) is 11.3 Å². The van der Waals surface area contributed by atoms with Gasteiger partial charge in [-0.1, -0.05) is 0 Å². The lowest BCUT2D eigenvalue weighted by molar-refractivity contribution is -0.161. The summed E-state index contributed by atoms with van der Waals surface area (Å²) < 4.78 is 75.8. The van der Waals surface area contributed by atoms with E-state index in [2.05, 4.69) is 0 Å². The summed E-state index contributed by atoms with van der Waals surface area (Å²) in [7, 11) is 0. The predicted octanol–water partition coefficient (Wildman–Crippen LogP) is 3.51. The Hall–Kier alpha value is -1.73. The van der Waals surface area contributed by atoms with Crippen molar-refractivity contribution in [2.24, 2.45) is 0 Å². The summed E-state index contributed by atoms with van der Waals surface area (Å²) in [5.41, 5.74) is -1.24. The van der Waals surface area contributed by atoms with Gasteiger partial charge in [0.15, 0.2) is 5.78 Å². The molecule has 0 spiro atoms. The Kier molecular flexibility index (Phi) is 3.33. The van der Waals surface area contributed by atoms with E-state index < -0.39 is 40.5 Å². The highest BCUT2D eigenvalue weighted by Crippen LogP contribution is 2.44. The summed E-state index contributed by atoms with van der Waals surface area (Å²) in [5, 5.41) is 0. The van der Waals surface area contributed by atoms with Gasteiger partial charge >= 0.3 is 12.4 Å². The second-order valence-corrected chi connectivity index (χ2v) is 3.50. The molecule has 0 fully saturated rings. The van der Waals surface area contributed by atoms with E-state index in [1.807, 2.05) is 0 Å². The van der Waals surface area contributed by atoms with Crippen molar-refractivity contribution in [1.29, 1.82) is 0 Å². The number of ketones is 1. The zero-order chi connectivity index (χ0) is 14.3.